The predicted molar refractivity (Wildman–Crippen MR) is 90.5 cm³/mol. The molecule has 2 heterocycles. The second kappa shape index (κ2) is 6.69. The highest BCUT2D eigenvalue weighted by Crippen LogP contribution is 2.25. The van der Waals surface area contributed by atoms with Crippen LogP contribution in [0.25, 0.3) is 0 Å². The van der Waals surface area contributed by atoms with Gasteiger partial charge in [0.15, 0.2) is 0 Å². The van der Waals surface area contributed by atoms with Crippen molar-refractivity contribution in [2.45, 2.75) is 32.4 Å². The van der Waals surface area contributed by atoms with Gasteiger partial charge in [-0.25, -0.2) is 0 Å². The van der Waals surface area contributed by atoms with Gasteiger partial charge >= 0.3 is 0 Å². The lowest BCUT2D eigenvalue weighted by Crippen LogP contribution is -2.39. The Morgan fingerprint density at radius 3 is 2.74 bits per heavy atom. The number of pyridine rings is 1. The van der Waals surface area contributed by atoms with Crippen LogP contribution in [0.5, 0.6) is 5.75 Å². The highest BCUT2D eigenvalue weighted by atomic mass is 16.5. The summed E-state index contributed by atoms with van der Waals surface area (Å²) >= 11 is 0. The largest absolute Gasteiger partial charge is 0.490 e. The van der Waals surface area contributed by atoms with Crippen molar-refractivity contribution in [3.8, 4) is 5.75 Å². The minimum Gasteiger partial charge on any atom is -0.490 e. The van der Waals surface area contributed by atoms with Crippen molar-refractivity contribution in [1.29, 1.82) is 0 Å². The van der Waals surface area contributed by atoms with E-state index in [9.17, 15) is 5.11 Å². The molecule has 1 unspecified atom stereocenters. The fourth-order valence-corrected chi connectivity index (χ4v) is 3.02. The number of hydrogen-bond donors (Lipinski definition) is 1. The second-order valence-corrected chi connectivity index (χ2v) is 6.51. The number of aryl methyl sites for hydroxylation is 2. The van der Waals surface area contributed by atoms with Crippen LogP contribution in [0.3, 0.4) is 0 Å². The van der Waals surface area contributed by atoms with Gasteiger partial charge in [0.1, 0.15) is 18.0 Å². The van der Waals surface area contributed by atoms with E-state index in [2.05, 4.69) is 22.9 Å². The normalized spacial score (nSPS) is 21.5. The van der Waals surface area contributed by atoms with Crippen molar-refractivity contribution in [1.82, 2.24) is 9.88 Å². The molecular weight excluding hydrogens is 288 g/mol. The van der Waals surface area contributed by atoms with Gasteiger partial charge in [-0.05, 0) is 43.5 Å². The summed E-state index contributed by atoms with van der Waals surface area (Å²) in [5.41, 5.74) is 2.58. The zero-order chi connectivity index (χ0) is 16.3. The number of ether oxygens (including phenoxy) is 1. The highest BCUT2D eigenvalue weighted by Gasteiger charge is 2.37. The molecule has 1 aromatic heterocycles. The molecule has 2 aromatic rings. The van der Waals surface area contributed by atoms with Crippen molar-refractivity contribution in [3.63, 3.8) is 0 Å². The average molecular weight is 312 g/mol. The Bertz CT molecular complexity index is 674. The van der Waals surface area contributed by atoms with Gasteiger partial charge in [0, 0.05) is 25.8 Å². The van der Waals surface area contributed by atoms with Gasteiger partial charge in [-0.2, -0.15) is 0 Å². The fourth-order valence-electron chi connectivity index (χ4n) is 3.02. The summed E-state index contributed by atoms with van der Waals surface area (Å²) in [4.78, 5) is 6.69. The van der Waals surface area contributed by atoms with E-state index < -0.39 is 5.60 Å². The summed E-state index contributed by atoms with van der Waals surface area (Å²) < 4.78 is 5.85. The highest BCUT2D eigenvalue weighted by molar-refractivity contribution is 5.31. The molecule has 1 N–H and O–H groups in total. The van der Waals surface area contributed by atoms with Gasteiger partial charge in [0.2, 0.25) is 0 Å². The number of likely N-dealkylation sites (tertiary alicyclic amines) is 1. The summed E-state index contributed by atoms with van der Waals surface area (Å²) in [6.07, 6.45) is 2.55. The van der Waals surface area contributed by atoms with E-state index in [1.165, 1.54) is 5.56 Å². The van der Waals surface area contributed by atoms with Crippen LogP contribution in [0.1, 0.15) is 23.2 Å². The van der Waals surface area contributed by atoms with E-state index in [1.807, 2.05) is 43.5 Å². The van der Waals surface area contributed by atoms with Gasteiger partial charge in [0.05, 0.1) is 5.69 Å². The van der Waals surface area contributed by atoms with E-state index in [-0.39, 0.29) is 0 Å². The smallest absolute Gasteiger partial charge is 0.122 e. The number of rotatable bonds is 5. The minimum absolute atomic E-state index is 0.329. The molecule has 0 bridgehead atoms. The molecule has 0 spiro atoms. The van der Waals surface area contributed by atoms with Crippen LogP contribution in [-0.2, 0) is 6.54 Å². The third-order valence-electron chi connectivity index (χ3n) is 4.49. The monoisotopic (exact) mass is 312 g/mol. The number of aromatic nitrogens is 1. The maximum atomic E-state index is 10.8. The van der Waals surface area contributed by atoms with Crippen molar-refractivity contribution in [2.75, 3.05) is 19.7 Å². The van der Waals surface area contributed by atoms with Gasteiger partial charge in [0.25, 0.3) is 0 Å². The second-order valence-electron chi connectivity index (χ2n) is 6.51. The summed E-state index contributed by atoms with van der Waals surface area (Å²) in [5.74, 6) is 0.847. The molecule has 0 amide bonds. The van der Waals surface area contributed by atoms with Gasteiger partial charge < -0.3 is 9.84 Å². The van der Waals surface area contributed by atoms with Gasteiger partial charge in [-0.15, -0.1) is 0 Å². The Kier molecular flexibility index (Phi) is 4.64. The first-order chi connectivity index (χ1) is 11.1. The third-order valence-corrected chi connectivity index (χ3v) is 4.49. The fraction of sp³-hybridized carbons (Fsp3) is 0.421. The van der Waals surface area contributed by atoms with E-state index in [0.717, 1.165) is 36.5 Å². The molecule has 4 heteroatoms. The predicted octanol–water partition coefficient (Wildman–Crippen LogP) is 2.71. The standard InChI is InChI=1S/C19H24N2O2/c1-15-7-5-10-20-17(15)12-21-11-9-19(22,13-21)14-23-18-8-4-3-6-16(18)2/h3-8,10,22H,9,11-14H2,1-2H3. The Morgan fingerprint density at radius 1 is 1.17 bits per heavy atom. The van der Waals surface area contributed by atoms with Crippen molar-refractivity contribution in [3.05, 3.63) is 59.4 Å². The molecule has 0 saturated carbocycles. The Balaban J connectivity index is 1.58. The molecule has 1 fully saturated rings. The maximum Gasteiger partial charge on any atom is 0.122 e. The van der Waals surface area contributed by atoms with Crippen LogP contribution in [0, 0.1) is 13.8 Å². The van der Waals surface area contributed by atoms with Crippen LogP contribution < -0.4 is 4.74 Å². The molecule has 1 aliphatic heterocycles. The molecule has 0 radical (unpaired) electrons. The lowest BCUT2D eigenvalue weighted by Gasteiger charge is -2.24. The van der Waals surface area contributed by atoms with Crippen LogP contribution in [0.2, 0.25) is 0 Å². The summed E-state index contributed by atoms with van der Waals surface area (Å²) in [6, 6.07) is 11.9. The first-order valence-corrected chi connectivity index (χ1v) is 8.09. The molecule has 1 aromatic carbocycles. The topological polar surface area (TPSA) is 45.6 Å². The molecule has 23 heavy (non-hydrogen) atoms. The SMILES string of the molecule is Cc1ccccc1OCC1(O)CCN(Cc2ncccc2C)C1. The third kappa shape index (κ3) is 3.89. The number of aliphatic hydroxyl groups is 1. The molecule has 1 atom stereocenters. The number of nitrogens with zero attached hydrogens (tertiary/aromatic N) is 2. The number of para-hydroxylation sites is 1. The Hall–Kier alpha value is -1.91. The molecular formula is C19H24N2O2. The van der Waals surface area contributed by atoms with Crippen molar-refractivity contribution < 1.29 is 9.84 Å². The summed E-state index contributed by atoms with van der Waals surface area (Å²) in [5, 5.41) is 10.8. The average Bonchev–Trinajstić information content (AvgIpc) is 2.90. The van der Waals surface area contributed by atoms with E-state index >= 15 is 0 Å². The van der Waals surface area contributed by atoms with Crippen molar-refractivity contribution >= 4 is 0 Å². The lowest BCUT2D eigenvalue weighted by molar-refractivity contribution is 0.00310. The summed E-state index contributed by atoms with van der Waals surface area (Å²) in [7, 11) is 0. The molecule has 3 rings (SSSR count). The Morgan fingerprint density at radius 2 is 1.96 bits per heavy atom. The molecule has 122 valence electrons. The maximum absolute atomic E-state index is 10.8. The van der Waals surface area contributed by atoms with Gasteiger partial charge in [-0.3, -0.25) is 9.88 Å². The molecule has 0 aliphatic carbocycles. The first kappa shape index (κ1) is 16.0. The number of hydrogen-bond acceptors (Lipinski definition) is 4. The van der Waals surface area contributed by atoms with E-state index in [0.29, 0.717) is 13.2 Å². The first-order valence-electron chi connectivity index (χ1n) is 8.09. The van der Waals surface area contributed by atoms with Crippen LogP contribution in [-0.4, -0.2) is 40.3 Å². The number of benzene rings is 1. The molecule has 1 saturated heterocycles. The zero-order valence-electron chi connectivity index (χ0n) is 13.8. The zero-order valence-corrected chi connectivity index (χ0v) is 13.8. The van der Waals surface area contributed by atoms with E-state index in [1.54, 1.807) is 0 Å². The van der Waals surface area contributed by atoms with Crippen molar-refractivity contribution in [2.24, 2.45) is 0 Å². The molecule has 1 aliphatic rings. The van der Waals surface area contributed by atoms with Crippen LogP contribution >= 0.6 is 0 Å². The van der Waals surface area contributed by atoms with E-state index in [4.69, 9.17) is 4.74 Å². The van der Waals surface area contributed by atoms with Crippen LogP contribution in [0.15, 0.2) is 42.6 Å². The quantitative estimate of drug-likeness (QED) is 0.922. The van der Waals surface area contributed by atoms with Crippen LogP contribution in [0.4, 0.5) is 0 Å². The minimum atomic E-state index is -0.787. The Labute approximate surface area is 137 Å². The molecule has 4 nitrogen and oxygen atoms in total. The number of β-amino-alcohol motifs (C(OH)–C–C–N with tert-alkyl or cyclic N) is 1. The lowest BCUT2D eigenvalue weighted by atomic mass is 10.1. The van der Waals surface area contributed by atoms with Gasteiger partial charge in [-0.1, -0.05) is 24.3 Å². The summed E-state index contributed by atoms with van der Waals surface area (Å²) in [6.45, 7) is 6.68.